The monoisotopic (exact) mass is 254 g/mol. The van der Waals surface area contributed by atoms with Crippen LogP contribution in [0, 0.1) is 10.1 Å². The number of esters is 1. The van der Waals surface area contributed by atoms with E-state index >= 15 is 0 Å². The lowest BCUT2D eigenvalue weighted by molar-refractivity contribution is -0.385. The van der Waals surface area contributed by atoms with Gasteiger partial charge >= 0.3 is 11.7 Å². The third kappa shape index (κ3) is 3.62. The van der Waals surface area contributed by atoms with Crippen LogP contribution in [0.4, 0.5) is 11.4 Å². The molecule has 7 heteroatoms. The highest BCUT2D eigenvalue weighted by atomic mass is 16.6. The van der Waals surface area contributed by atoms with Gasteiger partial charge in [0.1, 0.15) is 0 Å². The molecule has 7 nitrogen and oxygen atoms in total. The number of carbonyl (C=O) groups excluding carboxylic acids is 1. The van der Waals surface area contributed by atoms with Crippen LogP contribution in [-0.2, 0) is 9.53 Å². The molecule has 1 N–H and O–H groups in total. The van der Waals surface area contributed by atoms with E-state index in [0.717, 1.165) is 0 Å². The number of ether oxygens (including phenoxy) is 2. The highest BCUT2D eigenvalue weighted by Gasteiger charge is 2.14. The zero-order chi connectivity index (χ0) is 13.5. The molecule has 98 valence electrons. The number of nitrogens with one attached hydrogen (secondary N) is 1. The number of rotatable bonds is 6. The van der Waals surface area contributed by atoms with Crippen molar-refractivity contribution in [2.45, 2.75) is 6.42 Å². The Hall–Kier alpha value is -2.31. The molecule has 0 radical (unpaired) electrons. The van der Waals surface area contributed by atoms with E-state index in [1.54, 1.807) is 6.07 Å². The van der Waals surface area contributed by atoms with Crippen LogP contribution >= 0.6 is 0 Å². The maximum absolute atomic E-state index is 10.9. The van der Waals surface area contributed by atoms with Crippen molar-refractivity contribution in [3.8, 4) is 5.75 Å². The topological polar surface area (TPSA) is 90.7 Å². The highest BCUT2D eigenvalue weighted by molar-refractivity contribution is 5.70. The maximum Gasteiger partial charge on any atom is 0.312 e. The Morgan fingerprint density at radius 1 is 1.44 bits per heavy atom. The lowest BCUT2D eigenvalue weighted by Crippen LogP contribution is -2.09. The van der Waals surface area contributed by atoms with Crippen molar-refractivity contribution in [3.05, 3.63) is 28.3 Å². The number of carbonyl (C=O) groups is 1. The lowest BCUT2D eigenvalue weighted by Gasteiger charge is -2.07. The van der Waals surface area contributed by atoms with E-state index in [9.17, 15) is 14.9 Å². The van der Waals surface area contributed by atoms with Gasteiger partial charge in [-0.05, 0) is 12.1 Å². The Bertz CT molecular complexity index is 447. The minimum atomic E-state index is -0.523. The Morgan fingerprint density at radius 3 is 2.72 bits per heavy atom. The van der Waals surface area contributed by atoms with Crippen LogP contribution in [0.25, 0.3) is 0 Å². The molecule has 0 aliphatic rings. The summed E-state index contributed by atoms with van der Waals surface area (Å²) in [6.45, 7) is 0.343. The van der Waals surface area contributed by atoms with Gasteiger partial charge in [0, 0.05) is 18.3 Å². The van der Waals surface area contributed by atoms with Crippen LogP contribution in [0.2, 0.25) is 0 Å². The van der Waals surface area contributed by atoms with E-state index in [4.69, 9.17) is 4.74 Å². The second-order valence-corrected chi connectivity index (χ2v) is 3.40. The quantitative estimate of drug-likeness (QED) is 0.471. The fourth-order valence-corrected chi connectivity index (χ4v) is 1.35. The van der Waals surface area contributed by atoms with Gasteiger partial charge in [0.25, 0.3) is 0 Å². The van der Waals surface area contributed by atoms with E-state index < -0.39 is 4.92 Å². The van der Waals surface area contributed by atoms with Crippen LogP contribution in [-0.4, -0.2) is 31.7 Å². The van der Waals surface area contributed by atoms with Crippen molar-refractivity contribution >= 4 is 17.3 Å². The van der Waals surface area contributed by atoms with E-state index in [-0.39, 0.29) is 23.8 Å². The van der Waals surface area contributed by atoms with Gasteiger partial charge in [-0.2, -0.15) is 0 Å². The van der Waals surface area contributed by atoms with E-state index in [1.807, 2.05) is 0 Å². The molecule has 0 atom stereocenters. The highest BCUT2D eigenvalue weighted by Crippen LogP contribution is 2.29. The molecular weight excluding hydrogens is 240 g/mol. The van der Waals surface area contributed by atoms with Crippen LogP contribution in [0.1, 0.15) is 6.42 Å². The first-order valence-corrected chi connectivity index (χ1v) is 5.21. The Morgan fingerprint density at radius 2 is 2.17 bits per heavy atom. The van der Waals surface area contributed by atoms with Gasteiger partial charge in [0.15, 0.2) is 5.75 Å². The number of nitro benzene ring substituents is 1. The van der Waals surface area contributed by atoms with Crippen molar-refractivity contribution in [2.24, 2.45) is 0 Å². The minimum Gasteiger partial charge on any atom is -0.490 e. The standard InChI is InChI=1S/C11H14N2O5/c1-17-10-4-3-8(7-9(10)13(15)16)12-6-5-11(14)18-2/h3-4,7,12H,5-6H2,1-2H3. The van der Waals surface area contributed by atoms with Crippen molar-refractivity contribution in [1.82, 2.24) is 0 Å². The van der Waals surface area contributed by atoms with Gasteiger partial charge in [-0.1, -0.05) is 0 Å². The first-order valence-electron chi connectivity index (χ1n) is 5.21. The number of nitro groups is 1. The normalized spacial score (nSPS) is 9.67. The molecule has 0 saturated heterocycles. The number of benzene rings is 1. The summed E-state index contributed by atoms with van der Waals surface area (Å²) in [6, 6.07) is 4.50. The van der Waals surface area contributed by atoms with Gasteiger partial charge in [-0.15, -0.1) is 0 Å². The second-order valence-electron chi connectivity index (χ2n) is 3.40. The molecule has 0 bridgehead atoms. The zero-order valence-corrected chi connectivity index (χ0v) is 10.1. The Kier molecular flexibility index (Phi) is 4.91. The van der Waals surface area contributed by atoms with Crippen molar-refractivity contribution < 1.29 is 19.2 Å². The van der Waals surface area contributed by atoms with Gasteiger partial charge in [-0.25, -0.2) is 0 Å². The predicted molar refractivity (Wildman–Crippen MR) is 64.8 cm³/mol. The van der Waals surface area contributed by atoms with Crippen molar-refractivity contribution in [3.63, 3.8) is 0 Å². The summed E-state index contributed by atoms with van der Waals surface area (Å²) < 4.78 is 9.36. The van der Waals surface area contributed by atoms with Gasteiger partial charge in [0.2, 0.25) is 0 Å². The molecule has 1 rings (SSSR count). The molecule has 0 aliphatic heterocycles. The summed E-state index contributed by atoms with van der Waals surface area (Å²) in [5, 5.41) is 13.7. The molecule has 0 spiro atoms. The van der Waals surface area contributed by atoms with Crippen LogP contribution < -0.4 is 10.1 Å². The van der Waals surface area contributed by atoms with Crippen LogP contribution in [0.5, 0.6) is 5.75 Å². The first-order chi connectivity index (χ1) is 8.58. The molecule has 1 aromatic rings. The molecule has 1 aromatic carbocycles. The minimum absolute atomic E-state index is 0.124. The van der Waals surface area contributed by atoms with Crippen molar-refractivity contribution in [1.29, 1.82) is 0 Å². The summed E-state index contributed by atoms with van der Waals surface area (Å²) in [6.07, 6.45) is 0.191. The largest absolute Gasteiger partial charge is 0.490 e. The van der Waals surface area contributed by atoms with E-state index in [0.29, 0.717) is 12.2 Å². The molecule has 0 unspecified atom stereocenters. The Labute approximate surface area is 104 Å². The van der Waals surface area contributed by atoms with Crippen LogP contribution in [0.15, 0.2) is 18.2 Å². The van der Waals surface area contributed by atoms with Crippen molar-refractivity contribution in [2.75, 3.05) is 26.1 Å². The fourth-order valence-electron chi connectivity index (χ4n) is 1.35. The fraction of sp³-hybridized carbons (Fsp3) is 0.364. The van der Waals surface area contributed by atoms with Gasteiger partial charge < -0.3 is 14.8 Å². The lowest BCUT2D eigenvalue weighted by atomic mass is 10.2. The summed E-state index contributed by atoms with van der Waals surface area (Å²) in [5.41, 5.74) is 0.423. The van der Waals surface area contributed by atoms with Gasteiger partial charge in [-0.3, -0.25) is 14.9 Å². The van der Waals surface area contributed by atoms with E-state index in [1.165, 1.54) is 26.4 Å². The smallest absolute Gasteiger partial charge is 0.312 e. The molecule has 0 saturated carbocycles. The number of nitrogens with zero attached hydrogens (tertiary/aromatic N) is 1. The molecule has 18 heavy (non-hydrogen) atoms. The Balaban J connectivity index is 2.70. The number of methoxy groups -OCH3 is 2. The molecule has 0 aliphatic carbocycles. The molecule has 0 fully saturated rings. The summed E-state index contributed by atoms with van der Waals surface area (Å²) in [5.74, 6) is -0.149. The third-order valence-corrected chi connectivity index (χ3v) is 2.26. The van der Waals surface area contributed by atoms with E-state index in [2.05, 4.69) is 10.1 Å². The summed E-state index contributed by atoms with van der Waals surface area (Å²) in [4.78, 5) is 21.1. The average molecular weight is 254 g/mol. The third-order valence-electron chi connectivity index (χ3n) is 2.26. The summed E-state index contributed by atoms with van der Waals surface area (Å²) >= 11 is 0. The molecule has 0 aromatic heterocycles. The second kappa shape index (κ2) is 6.43. The number of hydrogen-bond acceptors (Lipinski definition) is 6. The average Bonchev–Trinajstić information content (AvgIpc) is 2.38. The number of anilines is 1. The number of hydrogen-bond donors (Lipinski definition) is 1. The first kappa shape index (κ1) is 13.8. The summed E-state index contributed by atoms with van der Waals surface area (Å²) in [7, 11) is 2.67. The molecular formula is C11H14N2O5. The molecule has 0 heterocycles. The van der Waals surface area contributed by atoms with Crippen LogP contribution in [0.3, 0.4) is 0 Å². The SMILES string of the molecule is COC(=O)CCNc1ccc(OC)c([N+](=O)[O-])c1. The maximum atomic E-state index is 10.9. The predicted octanol–water partition coefficient (Wildman–Crippen LogP) is 1.58. The van der Waals surface area contributed by atoms with Gasteiger partial charge in [0.05, 0.1) is 25.6 Å². The zero-order valence-electron chi connectivity index (χ0n) is 10.1. The molecule has 0 amide bonds.